The average Bonchev–Trinajstić information content (AvgIpc) is 3.09. The molecule has 0 aliphatic carbocycles. The number of hydrogen-bond donors (Lipinski definition) is 2. The Hall–Kier alpha value is -3.53. The second-order valence-electron chi connectivity index (χ2n) is 7.94. The van der Waals surface area contributed by atoms with Gasteiger partial charge in [0.25, 0.3) is 0 Å². The van der Waals surface area contributed by atoms with E-state index in [2.05, 4.69) is 33.3 Å². The number of likely N-dealkylation sites (N-methyl/N-ethyl adjacent to an activating group) is 1. The molecule has 1 aliphatic heterocycles. The van der Waals surface area contributed by atoms with Crippen LogP contribution in [-0.4, -0.2) is 49.0 Å². The highest BCUT2D eigenvalue weighted by Crippen LogP contribution is 2.33. The van der Waals surface area contributed by atoms with Crippen LogP contribution < -0.4 is 16.0 Å². The number of amides is 1. The molecule has 0 atom stereocenters. The molecule has 9 heteroatoms. The average molecular weight is 476 g/mol. The van der Waals surface area contributed by atoms with Crippen LogP contribution in [0, 0.1) is 22.7 Å². The minimum Gasteiger partial charge on any atom is -0.379 e. The van der Waals surface area contributed by atoms with Crippen LogP contribution >= 0.6 is 11.8 Å². The van der Waals surface area contributed by atoms with E-state index in [0.717, 1.165) is 29.8 Å². The van der Waals surface area contributed by atoms with E-state index in [1.165, 1.54) is 11.8 Å². The van der Waals surface area contributed by atoms with E-state index >= 15 is 0 Å². The molecule has 8 nitrogen and oxygen atoms in total. The van der Waals surface area contributed by atoms with Crippen LogP contribution in [0.1, 0.15) is 34.7 Å². The van der Waals surface area contributed by atoms with E-state index in [-0.39, 0.29) is 12.5 Å². The highest BCUT2D eigenvalue weighted by molar-refractivity contribution is 7.98. The molecule has 176 valence electrons. The minimum atomic E-state index is -0.190. The van der Waals surface area contributed by atoms with Crippen molar-refractivity contribution in [1.82, 2.24) is 15.2 Å². The van der Waals surface area contributed by atoms with Crippen molar-refractivity contribution in [3.8, 4) is 12.1 Å². The molecule has 1 aromatic heterocycles. The molecule has 0 bridgehead atoms. The van der Waals surface area contributed by atoms with Gasteiger partial charge in [-0.25, -0.2) is 4.98 Å². The largest absolute Gasteiger partial charge is 0.379 e. The monoisotopic (exact) mass is 475 g/mol. The Bertz CT molecular complexity index is 1130. The molecule has 3 rings (SSSR count). The van der Waals surface area contributed by atoms with Gasteiger partial charge in [0.1, 0.15) is 23.0 Å². The van der Waals surface area contributed by atoms with Crippen molar-refractivity contribution in [2.75, 3.05) is 38.1 Å². The van der Waals surface area contributed by atoms with Gasteiger partial charge in [-0.15, -0.1) is 11.8 Å². The van der Waals surface area contributed by atoms with Crippen molar-refractivity contribution < 1.29 is 4.79 Å². The Morgan fingerprint density at radius 2 is 1.88 bits per heavy atom. The topological polar surface area (TPSA) is 122 Å². The third kappa shape index (κ3) is 6.07. The Balaban J connectivity index is 1.84. The van der Waals surface area contributed by atoms with E-state index in [1.54, 1.807) is 0 Å². The molecule has 0 unspecified atom stereocenters. The lowest BCUT2D eigenvalue weighted by Crippen LogP contribution is -2.30. The zero-order valence-corrected chi connectivity index (χ0v) is 20.4. The van der Waals surface area contributed by atoms with Gasteiger partial charge in [0.05, 0.1) is 17.7 Å². The van der Waals surface area contributed by atoms with E-state index < -0.39 is 0 Å². The van der Waals surface area contributed by atoms with Gasteiger partial charge < -0.3 is 20.9 Å². The van der Waals surface area contributed by atoms with Gasteiger partial charge in [0, 0.05) is 39.0 Å². The number of anilines is 1. The van der Waals surface area contributed by atoms with Gasteiger partial charge >= 0.3 is 0 Å². The number of pyridine rings is 1. The lowest BCUT2D eigenvalue weighted by atomic mass is 10.0. The maximum absolute atomic E-state index is 11.3. The number of rotatable bonds is 8. The van der Waals surface area contributed by atoms with E-state index in [9.17, 15) is 15.3 Å². The number of nitriles is 2. The third-order valence-corrected chi connectivity index (χ3v) is 6.65. The Morgan fingerprint density at radius 3 is 2.53 bits per heavy atom. The molecule has 2 aromatic rings. The Morgan fingerprint density at radius 1 is 1.18 bits per heavy atom. The summed E-state index contributed by atoms with van der Waals surface area (Å²) in [7, 11) is 2.02. The summed E-state index contributed by atoms with van der Waals surface area (Å²) in [6.45, 7) is 4.60. The second-order valence-corrected chi connectivity index (χ2v) is 8.91. The molecule has 2 heterocycles. The molecule has 1 aromatic carbocycles. The molecule has 0 saturated carbocycles. The van der Waals surface area contributed by atoms with Crippen LogP contribution in [0.15, 0.2) is 41.6 Å². The summed E-state index contributed by atoms with van der Waals surface area (Å²) < 4.78 is 0. The number of thioether (sulfide) groups is 1. The Labute approximate surface area is 205 Å². The first kappa shape index (κ1) is 25.1. The summed E-state index contributed by atoms with van der Waals surface area (Å²) in [6, 6.07) is 12.5. The quantitative estimate of drug-likeness (QED) is 0.559. The molecule has 1 aliphatic rings. The zero-order chi connectivity index (χ0) is 24.5. The molecule has 3 N–H and O–H groups in total. The predicted molar refractivity (Wildman–Crippen MR) is 134 cm³/mol. The SMILES string of the molecule is CCc1c(C#N)c(SCc2ccc(CNC(=O)CN)cc2)nc(N2CC=CN(C)CC2)c1C#N. The molecular formula is C25H29N7OS. The summed E-state index contributed by atoms with van der Waals surface area (Å²) in [5.41, 5.74) is 9.11. The van der Waals surface area contributed by atoms with E-state index in [0.29, 0.717) is 47.2 Å². The van der Waals surface area contributed by atoms with Gasteiger partial charge in [-0.05, 0) is 35.4 Å². The fraction of sp³-hybridized carbons (Fsp3) is 0.360. The summed E-state index contributed by atoms with van der Waals surface area (Å²) in [5, 5.41) is 23.2. The smallest absolute Gasteiger partial charge is 0.234 e. The van der Waals surface area contributed by atoms with Crippen LogP contribution in [-0.2, 0) is 23.5 Å². The Kier molecular flexibility index (Phi) is 8.92. The second kappa shape index (κ2) is 12.1. The van der Waals surface area contributed by atoms with Crippen LogP contribution in [0.3, 0.4) is 0 Å². The highest BCUT2D eigenvalue weighted by atomic mass is 32.2. The summed E-state index contributed by atoms with van der Waals surface area (Å²) >= 11 is 1.50. The lowest BCUT2D eigenvalue weighted by Gasteiger charge is -2.25. The molecule has 0 spiro atoms. The first-order valence-electron chi connectivity index (χ1n) is 11.2. The standard InChI is InChI=1S/C25H29N7OS/c1-3-20-21(13-26)24(32-10-4-9-31(2)11-12-32)30-25(22(20)14-27)34-17-19-7-5-18(6-8-19)16-29-23(33)15-28/h4-9H,3,10-12,15-17,28H2,1-2H3,(H,29,33). The first-order chi connectivity index (χ1) is 16.5. The molecule has 34 heavy (non-hydrogen) atoms. The number of benzene rings is 1. The van der Waals surface area contributed by atoms with Gasteiger partial charge in [0.2, 0.25) is 5.91 Å². The molecule has 0 radical (unpaired) electrons. The number of carbonyl (C=O) groups is 1. The summed E-state index contributed by atoms with van der Waals surface area (Å²) in [4.78, 5) is 20.4. The van der Waals surface area contributed by atoms with Crippen molar-refractivity contribution >= 4 is 23.5 Å². The zero-order valence-electron chi connectivity index (χ0n) is 19.5. The number of hydrogen-bond acceptors (Lipinski definition) is 8. The van der Waals surface area contributed by atoms with Crippen molar-refractivity contribution in [2.24, 2.45) is 5.73 Å². The number of nitrogens with two attached hydrogens (primary N) is 1. The van der Waals surface area contributed by atoms with Crippen molar-refractivity contribution in [1.29, 1.82) is 10.5 Å². The maximum Gasteiger partial charge on any atom is 0.234 e. The minimum absolute atomic E-state index is 0.0281. The molecular weight excluding hydrogens is 446 g/mol. The molecule has 0 fully saturated rings. The number of aromatic nitrogens is 1. The van der Waals surface area contributed by atoms with Gasteiger partial charge in [-0.2, -0.15) is 10.5 Å². The van der Waals surface area contributed by atoms with Crippen molar-refractivity contribution in [3.05, 3.63) is 64.4 Å². The van der Waals surface area contributed by atoms with Crippen LogP contribution in [0.4, 0.5) is 5.82 Å². The first-order valence-corrected chi connectivity index (χ1v) is 12.2. The fourth-order valence-electron chi connectivity index (χ4n) is 3.69. The van der Waals surface area contributed by atoms with E-state index in [4.69, 9.17) is 10.7 Å². The highest BCUT2D eigenvalue weighted by Gasteiger charge is 2.23. The fourth-order valence-corrected chi connectivity index (χ4v) is 4.65. The molecule has 0 saturated heterocycles. The predicted octanol–water partition coefficient (Wildman–Crippen LogP) is 2.52. The normalized spacial score (nSPS) is 13.2. The summed E-state index contributed by atoms with van der Waals surface area (Å²) in [5.74, 6) is 1.09. The van der Waals surface area contributed by atoms with Gasteiger partial charge in [-0.3, -0.25) is 4.79 Å². The van der Waals surface area contributed by atoms with Crippen molar-refractivity contribution in [2.45, 2.75) is 30.7 Å². The third-order valence-electron chi connectivity index (χ3n) is 5.61. The lowest BCUT2D eigenvalue weighted by molar-refractivity contribution is -0.119. The van der Waals surface area contributed by atoms with Gasteiger partial charge in [-0.1, -0.05) is 31.2 Å². The number of carbonyl (C=O) groups excluding carboxylic acids is 1. The van der Waals surface area contributed by atoms with E-state index in [1.807, 2.05) is 44.4 Å². The molecule has 1 amide bonds. The van der Waals surface area contributed by atoms with Crippen LogP contribution in [0.2, 0.25) is 0 Å². The summed E-state index contributed by atoms with van der Waals surface area (Å²) in [6.07, 6.45) is 4.68. The van der Waals surface area contributed by atoms with Crippen molar-refractivity contribution in [3.63, 3.8) is 0 Å². The maximum atomic E-state index is 11.3. The number of nitrogens with one attached hydrogen (secondary N) is 1. The van der Waals surface area contributed by atoms with Gasteiger partial charge in [0.15, 0.2) is 0 Å². The number of nitrogens with zero attached hydrogens (tertiary/aromatic N) is 5. The van der Waals surface area contributed by atoms with Crippen LogP contribution in [0.25, 0.3) is 0 Å². The van der Waals surface area contributed by atoms with Crippen LogP contribution in [0.5, 0.6) is 0 Å².